The third-order valence-electron chi connectivity index (χ3n) is 2.93. The van der Waals surface area contributed by atoms with E-state index in [1.165, 1.54) is 20.5 Å². The fourth-order valence-corrected chi connectivity index (χ4v) is 2.86. The quantitative estimate of drug-likeness (QED) is 0.757. The molecule has 0 unspecified atom stereocenters. The first-order valence-corrected chi connectivity index (χ1v) is 6.76. The lowest BCUT2D eigenvalue weighted by molar-refractivity contribution is 1.20. The van der Waals surface area contributed by atoms with E-state index in [1.807, 2.05) is 29.8 Å². The van der Waals surface area contributed by atoms with Crippen molar-refractivity contribution in [2.75, 3.05) is 5.32 Å². The van der Waals surface area contributed by atoms with Gasteiger partial charge in [-0.05, 0) is 36.6 Å². The topological polar surface area (TPSA) is 24.9 Å². The van der Waals surface area contributed by atoms with Gasteiger partial charge in [0.05, 0.1) is 0 Å². The Morgan fingerprint density at radius 3 is 2.94 bits per heavy atom. The van der Waals surface area contributed by atoms with Gasteiger partial charge in [-0.15, -0.1) is 11.3 Å². The number of pyridine rings is 1. The minimum atomic E-state index is 0.868. The van der Waals surface area contributed by atoms with E-state index in [2.05, 4.69) is 47.6 Å². The van der Waals surface area contributed by atoms with Gasteiger partial charge in [0.15, 0.2) is 0 Å². The van der Waals surface area contributed by atoms with Gasteiger partial charge < -0.3 is 5.32 Å². The number of hydrogen-bond donors (Lipinski definition) is 1. The largest absolute Gasteiger partial charge is 0.380 e. The number of nitrogens with zero attached hydrogens (tertiary/aromatic N) is 1. The van der Waals surface area contributed by atoms with Crippen molar-refractivity contribution < 1.29 is 0 Å². The lowest BCUT2D eigenvalue weighted by Gasteiger charge is -2.08. The second-order valence-corrected chi connectivity index (χ2v) is 5.64. The molecule has 0 amide bonds. The zero-order chi connectivity index (χ0) is 12.4. The van der Waals surface area contributed by atoms with Crippen molar-refractivity contribution in [2.45, 2.75) is 13.5 Å². The summed E-state index contributed by atoms with van der Waals surface area (Å²) in [4.78, 5) is 6.90. The number of aryl methyl sites for hydroxylation is 1. The number of anilines is 1. The molecule has 0 aliphatic rings. The van der Waals surface area contributed by atoms with Crippen LogP contribution >= 0.6 is 11.3 Å². The molecule has 0 saturated heterocycles. The summed E-state index contributed by atoms with van der Waals surface area (Å²) in [6.07, 6.45) is 3.74. The van der Waals surface area contributed by atoms with Crippen molar-refractivity contribution >= 4 is 27.8 Å². The number of thiophene rings is 1. The molecule has 2 heterocycles. The van der Waals surface area contributed by atoms with Crippen molar-refractivity contribution in [2.24, 2.45) is 0 Å². The van der Waals surface area contributed by atoms with Gasteiger partial charge in [-0.3, -0.25) is 4.98 Å². The predicted octanol–water partition coefficient (Wildman–Crippen LogP) is 4.22. The molecule has 3 aromatic rings. The number of nitrogens with one attached hydrogen (secondary N) is 1. The van der Waals surface area contributed by atoms with Crippen molar-refractivity contribution in [3.05, 3.63) is 58.5 Å². The molecule has 2 aromatic heterocycles. The Hall–Kier alpha value is -1.87. The molecule has 1 N–H and O–H groups in total. The average molecular weight is 254 g/mol. The van der Waals surface area contributed by atoms with E-state index in [1.54, 1.807) is 0 Å². The van der Waals surface area contributed by atoms with Gasteiger partial charge in [0.25, 0.3) is 0 Å². The SMILES string of the molecule is Cc1ccc(CNc2cccc3ccncc23)s1. The van der Waals surface area contributed by atoms with Gasteiger partial charge in [-0.25, -0.2) is 0 Å². The van der Waals surface area contributed by atoms with Crippen LogP contribution < -0.4 is 5.32 Å². The van der Waals surface area contributed by atoms with E-state index < -0.39 is 0 Å². The summed E-state index contributed by atoms with van der Waals surface area (Å²) in [6, 6.07) is 12.7. The summed E-state index contributed by atoms with van der Waals surface area (Å²) >= 11 is 1.83. The first-order valence-electron chi connectivity index (χ1n) is 5.95. The van der Waals surface area contributed by atoms with Crippen molar-refractivity contribution in [1.29, 1.82) is 0 Å². The molecule has 3 heteroatoms. The van der Waals surface area contributed by atoms with Gasteiger partial charge >= 0.3 is 0 Å². The van der Waals surface area contributed by atoms with Crippen LogP contribution in [0.4, 0.5) is 5.69 Å². The van der Waals surface area contributed by atoms with Crippen molar-refractivity contribution in [3.63, 3.8) is 0 Å². The van der Waals surface area contributed by atoms with E-state index in [4.69, 9.17) is 0 Å². The normalized spacial score (nSPS) is 10.7. The third-order valence-corrected chi connectivity index (χ3v) is 3.93. The number of hydrogen-bond acceptors (Lipinski definition) is 3. The van der Waals surface area contributed by atoms with Crippen LogP contribution in [0.1, 0.15) is 9.75 Å². The lowest BCUT2D eigenvalue weighted by atomic mass is 10.1. The molecule has 0 spiro atoms. The van der Waals surface area contributed by atoms with Crippen LogP contribution in [-0.4, -0.2) is 4.98 Å². The highest BCUT2D eigenvalue weighted by molar-refractivity contribution is 7.11. The third kappa shape index (κ3) is 2.22. The van der Waals surface area contributed by atoms with Gasteiger partial charge in [-0.1, -0.05) is 12.1 Å². The second-order valence-electron chi connectivity index (χ2n) is 4.27. The fraction of sp³-hybridized carbons (Fsp3) is 0.133. The summed E-state index contributed by atoms with van der Waals surface area (Å²) < 4.78 is 0. The fourth-order valence-electron chi connectivity index (χ4n) is 2.03. The Kier molecular flexibility index (Phi) is 2.99. The predicted molar refractivity (Wildman–Crippen MR) is 78.1 cm³/mol. The van der Waals surface area contributed by atoms with E-state index in [0.29, 0.717) is 0 Å². The zero-order valence-corrected chi connectivity index (χ0v) is 11.0. The van der Waals surface area contributed by atoms with Crippen molar-refractivity contribution in [3.8, 4) is 0 Å². The number of aromatic nitrogens is 1. The number of benzene rings is 1. The number of fused-ring (bicyclic) bond motifs is 1. The molecule has 0 fully saturated rings. The summed E-state index contributed by atoms with van der Waals surface area (Å²) in [6.45, 7) is 3.00. The molecular formula is C15H14N2S. The molecule has 0 atom stereocenters. The van der Waals surface area contributed by atoms with E-state index in [9.17, 15) is 0 Å². The highest BCUT2D eigenvalue weighted by Crippen LogP contribution is 2.23. The maximum Gasteiger partial charge on any atom is 0.0494 e. The number of rotatable bonds is 3. The van der Waals surface area contributed by atoms with Crippen LogP contribution in [0.3, 0.4) is 0 Å². The van der Waals surface area contributed by atoms with Gasteiger partial charge in [-0.2, -0.15) is 0 Å². The summed E-state index contributed by atoms with van der Waals surface area (Å²) in [5.74, 6) is 0. The second kappa shape index (κ2) is 4.78. The van der Waals surface area contributed by atoms with Gasteiger partial charge in [0.2, 0.25) is 0 Å². The first kappa shape index (κ1) is 11.2. The molecule has 90 valence electrons. The van der Waals surface area contributed by atoms with E-state index >= 15 is 0 Å². The monoisotopic (exact) mass is 254 g/mol. The lowest BCUT2D eigenvalue weighted by Crippen LogP contribution is -1.98. The minimum Gasteiger partial charge on any atom is -0.380 e. The smallest absolute Gasteiger partial charge is 0.0494 e. The van der Waals surface area contributed by atoms with Crippen molar-refractivity contribution in [1.82, 2.24) is 4.98 Å². The van der Waals surface area contributed by atoms with Crippen LogP contribution in [0, 0.1) is 6.92 Å². The first-order chi connectivity index (χ1) is 8.83. The molecule has 0 aliphatic carbocycles. The summed E-state index contributed by atoms with van der Waals surface area (Å²) in [5, 5.41) is 5.88. The molecule has 0 saturated carbocycles. The van der Waals surface area contributed by atoms with Crippen LogP contribution in [0.15, 0.2) is 48.8 Å². The Labute approximate surface area is 110 Å². The van der Waals surface area contributed by atoms with E-state index in [-0.39, 0.29) is 0 Å². The Morgan fingerprint density at radius 2 is 2.11 bits per heavy atom. The molecule has 0 bridgehead atoms. The van der Waals surface area contributed by atoms with Crippen LogP contribution in [-0.2, 0) is 6.54 Å². The van der Waals surface area contributed by atoms with Crippen LogP contribution in [0.2, 0.25) is 0 Å². The highest BCUT2D eigenvalue weighted by atomic mass is 32.1. The standard InChI is InChI=1S/C15H14N2S/c1-11-5-6-13(18-11)9-17-15-4-2-3-12-7-8-16-10-14(12)15/h2-8,10,17H,9H2,1H3. The van der Waals surface area contributed by atoms with Gasteiger partial charge in [0, 0.05) is 39.8 Å². The van der Waals surface area contributed by atoms with Crippen LogP contribution in [0.25, 0.3) is 10.8 Å². The summed E-state index contributed by atoms with van der Waals surface area (Å²) in [5.41, 5.74) is 1.15. The Balaban J connectivity index is 1.86. The Morgan fingerprint density at radius 1 is 1.17 bits per heavy atom. The summed E-state index contributed by atoms with van der Waals surface area (Å²) in [7, 11) is 0. The van der Waals surface area contributed by atoms with Crippen LogP contribution in [0.5, 0.6) is 0 Å². The molecule has 18 heavy (non-hydrogen) atoms. The molecule has 2 nitrogen and oxygen atoms in total. The molecule has 0 aliphatic heterocycles. The highest BCUT2D eigenvalue weighted by Gasteiger charge is 2.01. The minimum absolute atomic E-state index is 0.868. The molecular weight excluding hydrogens is 240 g/mol. The van der Waals surface area contributed by atoms with E-state index in [0.717, 1.165) is 12.2 Å². The maximum absolute atomic E-state index is 4.20. The zero-order valence-electron chi connectivity index (χ0n) is 10.2. The average Bonchev–Trinajstić information content (AvgIpc) is 2.82. The van der Waals surface area contributed by atoms with Gasteiger partial charge in [0.1, 0.15) is 0 Å². The Bertz CT molecular complexity index is 668. The molecule has 3 rings (SSSR count). The molecule has 1 aromatic carbocycles. The maximum atomic E-state index is 4.20. The molecule has 0 radical (unpaired) electrons.